The third kappa shape index (κ3) is 4.64. The number of hydrogen-bond acceptors (Lipinski definition) is 10. The minimum atomic E-state index is -1.11. The summed E-state index contributed by atoms with van der Waals surface area (Å²) in [6.07, 6.45) is 4.87. The van der Waals surface area contributed by atoms with Crippen molar-refractivity contribution >= 4 is 36.0 Å². The van der Waals surface area contributed by atoms with E-state index in [0.717, 1.165) is 42.0 Å². The van der Waals surface area contributed by atoms with Crippen LogP contribution in [0.4, 0.5) is 22.1 Å². The van der Waals surface area contributed by atoms with E-state index in [1.54, 1.807) is 17.3 Å². The molecule has 2 aromatic heterocycles. The van der Waals surface area contributed by atoms with Crippen LogP contribution in [-0.2, 0) is 16.0 Å². The first-order chi connectivity index (χ1) is 16.8. The second-order valence-electron chi connectivity index (χ2n) is 9.79. The van der Waals surface area contributed by atoms with Gasteiger partial charge in [-0.25, -0.2) is 19.3 Å². The van der Waals surface area contributed by atoms with Gasteiger partial charge in [-0.2, -0.15) is 4.98 Å². The summed E-state index contributed by atoms with van der Waals surface area (Å²) in [5.41, 5.74) is 13.7. The van der Waals surface area contributed by atoms with Crippen molar-refractivity contribution in [3.63, 3.8) is 0 Å². The Kier molecular flexibility index (Phi) is 7.48. The van der Waals surface area contributed by atoms with Crippen molar-refractivity contribution in [3.05, 3.63) is 18.0 Å². The van der Waals surface area contributed by atoms with Crippen LogP contribution in [-0.4, -0.2) is 94.4 Å². The Hall–Kier alpha value is -2.83. The van der Waals surface area contributed by atoms with Gasteiger partial charge < -0.3 is 30.9 Å². The molecule has 3 aliphatic rings. The molecule has 0 spiro atoms. The standard InChI is InChI=1S/C23H32FN9O2.ClH/c1-14-12-35-8-7-32(14)22-29-18(15-10-27-21(26)28-11-15)16-3-5-33(19(16)30-22)23(2)4-6-31(13-23)20(34)17(25)9-24;/h10-11,14,17H,3-9,12-13,25H2,1-2H3,(H2,26,27,28);1H/t14-,17-,23-;/m0./s1. The van der Waals surface area contributed by atoms with Crippen molar-refractivity contribution in [2.45, 2.75) is 44.3 Å². The van der Waals surface area contributed by atoms with E-state index in [1.807, 2.05) is 0 Å². The van der Waals surface area contributed by atoms with E-state index in [4.69, 9.17) is 26.2 Å². The summed E-state index contributed by atoms with van der Waals surface area (Å²) in [6, 6.07) is -0.985. The maximum absolute atomic E-state index is 13.0. The maximum Gasteiger partial charge on any atom is 0.242 e. The number of fused-ring (bicyclic) bond motifs is 1. The number of nitrogen functional groups attached to an aromatic ring is 1. The average Bonchev–Trinajstić information content (AvgIpc) is 3.48. The Morgan fingerprint density at radius 2 is 2.03 bits per heavy atom. The van der Waals surface area contributed by atoms with Crippen LogP contribution < -0.4 is 21.3 Å². The third-order valence-corrected chi connectivity index (χ3v) is 7.28. The van der Waals surface area contributed by atoms with Crippen molar-refractivity contribution in [1.82, 2.24) is 24.8 Å². The minimum Gasteiger partial charge on any atom is -0.377 e. The lowest BCUT2D eigenvalue weighted by Crippen LogP contribution is -2.51. The molecule has 0 bridgehead atoms. The van der Waals surface area contributed by atoms with Gasteiger partial charge in [0.2, 0.25) is 17.8 Å². The summed E-state index contributed by atoms with van der Waals surface area (Å²) >= 11 is 0. The van der Waals surface area contributed by atoms with Gasteiger partial charge in [-0.1, -0.05) is 0 Å². The first-order valence-electron chi connectivity index (χ1n) is 12.0. The number of amides is 1. The molecule has 1 amide bonds. The Bertz CT molecular complexity index is 1110. The van der Waals surface area contributed by atoms with Crippen LogP contribution >= 0.6 is 12.4 Å². The molecule has 5 rings (SSSR count). The summed E-state index contributed by atoms with van der Waals surface area (Å²) in [5.74, 6) is 1.35. The van der Waals surface area contributed by atoms with Crippen LogP contribution in [0.1, 0.15) is 25.8 Å². The fourth-order valence-corrected chi connectivity index (χ4v) is 5.27. The average molecular weight is 522 g/mol. The molecule has 36 heavy (non-hydrogen) atoms. The van der Waals surface area contributed by atoms with Crippen LogP contribution in [0, 0.1) is 0 Å². The molecular weight excluding hydrogens is 489 g/mol. The van der Waals surface area contributed by atoms with E-state index in [0.29, 0.717) is 38.8 Å². The number of alkyl halides is 1. The summed E-state index contributed by atoms with van der Waals surface area (Å²) < 4.78 is 18.7. The summed E-state index contributed by atoms with van der Waals surface area (Å²) in [4.78, 5) is 37.0. The molecular formula is C23H33ClFN9O2. The number of carbonyl (C=O) groups excluding carboxylic acids is 1. The van der Waals surface area contributed by atoms with Crippen molar-refractivity contribution in [2.75, 3.05) is 61.6 Å². The number of nitrogens with zero attached hydrogens (tertiary/aromatic N) is 7. The summed E-state index contributed by atoms with van der Waals surface area (Å²) in [7, 11) is 0. The fourth-order valence-electron chi connectivity index (χ4n) is 5.27. The number of halogens is 2. The van der Waals surface area contributed by atoms with Crippen molar-refractivity contribution in [2.24, 2.45) is 5.73 Å². The first kappa shape index (κ1) is 26.2. The predicted molar refractivity (Wildman–Crippen MR) is 137 cm³/mol. The highest BCUT2D eigenvalue weighted by Crippen LogP contribution is 2.41. The molecule has 3 atom stereocenters. The van der Waals surface area contributed by atoms with E-state index in [2.05, 4.69) is 33.6 Å². The molecule has 2 fully saturated rings. The Morgan fingerprint density at radius 3 is 2.72 bits per heavy atom. The third-order valence-electron chi connectivity index (χ3n) is 7.28. The second kappa shape index (κ2) is 10.3. The van der Waals surface area contributed by atoms with Gasteiger partial charge in [0.1, 0.15) is 18.5 Å². The van der Waals surface area contributed by atoms with E-state index >= 15 is 0 Å². The van der Waals surface area contributed by atoms with E-state index in [-0.39, 0.29) is 35.8 Å². The smallest absolute Gasteiger partial charge is 0.242 e. The van der Waals surface area contributed by atoms with Gasteiger partial charge in [0.25, 0.3) is 0 Å². The van der Waals surface area contributed by atoms with Crippen molar-refractivity contribution in [3.8, 4) is 11.3 Å². The van der Waals surface area contributed by atoms with Gasteiger partial charge in [-0.3, -0.25) is 4.79 Å². The normalized spacial score (nSPS) is 24.4. The van der Waals surface area contributed by atoms with Crippen molar-refractivity contribution in [1.29, 1.82) is 0 Å². The molecule has 0 radical (unpaired) electrons. The molecule has 196 valence electrons. The van der Waals surface area contributed by atoms with Gasteiger partial charge in [-0.05, 0) is 26.7 Å². The molecule has 0 saturated carbocycles. The Labute approximate surface area is 215 Å². The number of nitrogens with two attached hydrogens (primary N) is 2. The fraction of sp³-hybridized carbons (Fsp3) is 0.609. The summed E-state index contributed by atoms with van der Waals surface area (Å²) in [5, 5.41) is 0. The molecule has 0 unspecified atom stereocenters. The van der Waals surface area contributed by atoms with Crippen LogP contribution in [0.2, 0.25) is 0 Å². The lowest BCUT2D eigenvalue weighted by molar-refractivity contribution is -0.132. The van der Waals surface area contributed by atoms with Crippen LogP contribution in [0.25, 0.3) is 11.3 Å². The number of ether oxygens (including phenoxy) is 1. The topological polar surface area (TPSA) is 140 Å². The van der Waals surface area contributed by atoms with Gasteiger partial charge in [-0.15, -0.1) is 12.4 Å². The highest BCUT2D eigenvalue weighted by Gasteiger charge is 2.45. The second-order valence-corrected chi connectivity index (χ2v) is 9.79. The lowest BCUT2D eigenvalue weighted by Gasteiger charge is -2.38. The van der Waals surface area contributed by atoms with Crippen LogP contribution in [0.15, 0.2) is 12.4 Å². The number of carbonyl (C=O) groups is 1. The highest BCUT2D eigenvalue weighted by atomic mass is 35.5. The molecule has 5 heterocycles. The molecule has 3 aliphatic heterocycles. The van der Waals surface area contributed by atoms with Gasteiger partial charge in [0, 0.05) is 49.7 Å². The zero-order valence-corrected chi connectivity index (χ0v) is 21.4. The number of rotatable bonds is 5. The number of likely N-dealkylation sites (tertiary alicyclic amines) is 1. The van der Waals surface area contributed by atoms with E-state index in [1.165, 1.54) is 0 Å². The Balaban J connectivity index is 0.00000304. The number of anilines is 3. The molecule has 0 aromatic carbocycles. The van der Waals surface area contributed by atoms with Gasteiger partial charge in [0.15, 0.2) is 0 Å². The lowest BCUT2D eigenvalue weighted by atomic mass is 9.99. The summed E-state index contributed by atoms with van der Waals surface area (Å²) in [6.45, 7) is 7.00. The predicted octanol–water partition coefficient (Wildman–Crippen LogP) is 0.813. The highest BCUT2D eigenvalue weighted by molar-refractivity contribution is 5.85. The van der Waals surface area contributed by atoms with Crippen molar-refractivity contribution < 1.29 is 13.9 Å². The van der Waals surface area contributed by atoms with E-state index < -0.39 is 12.7 Å². The number of morpholine rings is 1. The number of aromatic nitrogens is 4. The van der Waals surface area contributed by atoms with Gasteiger partial charge in [0.05, 0.1) is 30.5 Å². The molecule has 11 nitrogen and oxygen atoms in total. The van der Waals surface area contributed by atoms with E-state index in [9.17, 15) is 9.18 Å². The zero-order chi connectivity index (χ0) is 24.7. The molecule has 13 heteroatoms. The molecule has 4 N–H and O–H groups in total. The SMILES string of the molecule is C[C@H]1COCCN1c1nc(-c2cnc(N)nc2)c2c(n1)N([C@@]1(C)CCN(C(=O)[C@@H](N)CF)C1)CC2.Cl. The molecule has 2 aromatic rings. The quantitative estimate of drug-likeness (QED) is 0.581. The first-order valence-corrected chi connectivity index (χ1v) is 12.0. The van der Waals surface area contributed by atoms with Gasteiger partial charge >= 0.3 is 0 Å². The van der Waals surface area contributed by atoms with Crippen LogP contribution in [0.5, 0.6) is 0 Å². The largest absolute Gasteiger partial charge is 0.377 e. The molecule has 2 saturated heterocycles. The monoisotopic (exact) mass is 521 g/mol. The maximum atomic E-state index is 13.0. The zero-order valence-electron chi connectivity index (χ0n) is 20.6. The minimum absolute atomic E-state index is 0. The number of hydrogen-bond donors (Lipinski definition) is 2. The Morgan fingerprint density at radius 1 is 1.28 bits per heavy atom. The van der Waals surface area contributed by atoms with Crippen LogP contribution in [0.3, 0.4) is 0 Å². The molecule has 0 aliphatic carbocycles.